The van der Waals surface area contributed by atoms with Gasteiger partial charge in [0.1, 0.15) is 0 Å². The fraction of sp³-hybridized carbons (Fsp3) is 0.286. The molecule has 4 rings (SSSR count). The Morgan fingerprint density at radius 1 is 0.868 bits per heavy atom. The van der Waals surface area contributed by atoms with Crippen molar-refractivity contribution in [1.82, 2.24) is 15.2 Å². The smallest absolute Gasteiger partial charge is 0.261 e. The van der Waals surface area contributed by atoms with Crippen LogP contribution in [-0.2, 0) is 14.8 Å². The fourth-order valence-electron chi connectivity index (χ4n) is 2.90. The number of hydrogen-bond donors (Lipinski definition) is 2. The molecule has 0 atom stereocenters. The summed E-state index contributed by atoms with van der Waals surface area (Å²) in [6.45, 7) is 9.80. The van der Waals surface area contributed by atoms with E-state index in [4.69, 9.17) is 4.42 Å². The van der Waals surface area contributed by atoms with Crippen LogP contribution in [0.15, 0.2) is 82.4 Å². The Labute approximate surface area is 223 Å². The highest BCUT2D eigenvalue weighted by atomic mass is 32.2. The van der Waals surface area contributed by atoms with Gasteiger partial charge in [0.25, 0.3) is 10.0 Å². The number of sulfonamides is 1. The van der Waals surface area contributed by atoms with Crippen LogP contribution in [0.25, 0.3) is 22.9 Å². The van der Waals surface area contributed by atoms with Gasteiger partial charge in [-0.3, -0.25) is 14.5 Å². The molecule has 2 N–H and O–H groups in total. The first kappa shape index (κ1) is 28.5. The first-order chi connectivity index (χ1) is 18.0. The van der Waals surface area contributed by atoms with E-state index in [1.54, 1.807) is 60.9 Å². The molecule has 2 heterocycles. The maximum absolute atomic E-state index is 13.0. The van der Waals surface area contributed by atoms with Crippen molar-refractivity contribution >= 4 is 27.3 Å². The Hall–Kier alpha value is -4.05. The maximum Gasteiger partial charge on any atom is 0.261 e. The Kier molecular flexibility index (Phi) is 9.35. The van der Waals surface area contributed by atoms with Gasteiger partial charge in [-0.2, -0.15) is 0 Å². The van der Waals surface area contributed by atoms with Crippen LogP contribution in [0.5, 0.6) is 0 Å². The molecule has 0 bridgehead atoms. The van der Waals surface area contributed by atoms with E-state index in [9.17, 15) is 13.2 Å². The van der Waals surface area contributed by atoms with Crippen molar-refractivity contribution in [3.63, 3.8) is 0 Å². The van der Waals surface area contributed by atoms with Crippen LogP contribution in [0.1, 0.15) is 47.5 Å². The number of carbonyl (C=O) groups excluding carboxylic acids is 1. The Morgan fingerprint density at radius 3 is 2.05 bits per heavy atom. The van der Waals surface area contributed by atoms with Crippen LogP contribution in [0.2, 0.25) is 0 Å². The first-order valence-electron chi connectivity index (χ1n) is 12.3. The van der Waals surface area contributed by atoms with Crippen LogP contribution in [0, 0.1) is 5.41 Å². The van der Waals surface area contributed by atoms with Gasteiger partial charge in [0.2, 0.25) is 17.7 Å². The van der Waals surface area contributed by atoms with Crippen LogP contribution in [0.4, 0.5) is 11.4 Å². The number of benzene rings is 2. The molecular weight excluding hydrogens is 502 g/mol. The van der Waals surface area contributed by atoms with Gasteiger partial charge in [0.05, 0.1) is 10.5 Å². The van der Waals surface area contributed by atoms with E-state index in [1.807, 2.05) is 20.8 Å². The molecule has 10 heteroatoms. The molecule has 0 radical (unpaired) electrons. The lowest BCUT2D eigenvalue weighted by atomic mass is 9.95. The zero-order chi connectivity index (χ0) is 27.8. The third-order valence-corrected chi connectivity index (χ3v) is 6.68. The summed E-state index contributed by atoms with van der Waals surface area (Å²) in [5.41, 5.74) is 1.52. The number of amides is 1. The Bertz CT molecular complexity index is 1440. The minimum Gasteiger partial charge on any atom is -0.416 e. The van der Waals surface area contributed by atoms with Crippen molar-refractivity contribution in [2.75, 3.05) is 10.0 Å². The quantitative estimate of drug-likeness (QED) is 0.281. The molecule has 0 spiro atoms. The highest BCUT2D eigenvalue weighted by Gasteiger charge is 2.21. The van der Waals surface area contributed by atoms with Crippen molar-refractivity contribution in [2.24, 2.45) is 5.41 Å². The monoisotopic (exact) mass is 535 g/mol. The highest BCUT2D eigenvalue weighted by molar-refractivity contribution is 7.92. The summed E-state index contributed by atoms with van der Waals surface area (Å²) in [6, 6.07) is 16.2. The third-order valence-electron chi connectivity index (χ3n) is 5.30. The summed E-state index contributed by atoms with van der Waals surface area (Å²) in [5, 5.41) is 10.8. The van der Waals surface area contributed by atoms with Crippen LogP contribution in [0.3, 0.4) is 0 Å². The van der Waals surface area contributed by atoms with E-state index >= 15 is 0 Å². The summed E-state index contributed by atoms with van der Waals surface area (Å²) in [5.74, 6) is 0.341. The van der Waals surface area contributed by atoms with E-state index < -0.39 is 15.4 Å². The maximum atomic E-state index is 13.0. The minimum atomic E-state index is -3.89. The highest BCUT2D eigenvalue weighted by Crippen LogP contribution is 2.26. The van der Waals surface area contributed by atoms with E-state index in [0.29, 0.717) is 22.5 Å². The largest absolute Gasteiger partial charge is 0.416 e. The summed E-state index contributed by atoms with van der Waals surface area (Å²) in [6.07, 6.45) is 5.87. The van der Waals surface area contributed by atoms with Gasteiger partial charge < -0.3 is 9.73 Å². The molecule has 0 aliphatic heterocycles. The lowest BCUT2D eigenvalue weighted by Gasteiger charge is -2.17. The van der Waals surface area contributed by atoms with E-state index in [0.717, 1.165) is 0 Å². The minimum absolute atomic E-state index is 0.0382. The topological polar surface area (TPSA) is 127 Å². The van der Waals surface area contributed by atoms with Crippen molar-refractivity contribution in [1.29, 1.82) is 0 Å². The van der Waals surface area contributed by atoms with Gasteiger partial charge in [0, 0.05) is 34.7 Å². The van der Waals surface area contributed by atoms with Gasteiger partial charge in [-0.25, -0.2) is 8.42 Å². The van der Waals surface area contributed by atoms with Crippen molar-refractivity contribution in [3.8, 4) is 22.9 Å². The second-order valence-corrected chi connectivity index (χ2v) is 11.3. The zero-order valence-corrected chi connectivity index (χ0v) is 23.0. The van der Waals surface area contributed by atoms with Crippen LogP contribution < -0.4 is 10.0 Å². The van der Waals surface area contributed by atoms with Gasteiger partial charge in [0.15, 0.2) is 0 Å². The second-order valence-electron chi connectivity index (χ2n) is 9.57. The molecule has 0 unspecified atom stereocenters. The molecule has 9 nitrogen and oxygen atoms in total. The number of nitrogens with zero attached hydrogens (tertiary/aromatic N) is 3. The number of carbonyl (C=O) groups is 1. The summed E-state index contributed by atoms with van der Waals surface area (Å²) in [7, 11) is -3.89. The number of nitrogens with one attached hydrogen (secondary N) is 2. The average Bonchev–Trinajstić information content (AvgIpc) is 3.40. The van der Waals surface area contributed by atoms with E-state index in [2.05, 4.69) is 39.1 Å². The van der Waals surface area contributed by atoms with Gasteiger partial charge in [-0.1, -0.05) is 53.5 Å². The normalized spacial score (nSPS) is 11.3. The summed E-state index contributed by atoms with van der Waals surface area (Å²) in [4.78, 5) is 16.2. The molecule has 1 amide bonds. The lowest BCUT2D eigenvalue weighted by molar-refractivity contribution is -0.123. The molecule has 4 aromatic rings. The molecule has 38 heavy (non-hydrogen) atoms. The van der Waals surface area contributed by atoms with E-state index in [-0.39, 0.29) is 22.6 Å². The van der Waals surface area contributed by atoms with Gasteiger partial charge in [-0.15, -0.1) is 10.2 Å². The zero-order valence-electron chi connectivity index (χ0n) is 22.2. The fourth-order valence-corrected chi connectivity index (χ4v) is 4.00. The predicted molar refractivity (Wildman–Crippen MR) is 149 cm³/mol. The number of hydrogen-bond acceptors (Lipinski definition) is 7. The molecule has 0 saturated carbocycles. The molecular formula is C28H33N5O4S. The molecule has 0 fully saturated rings. The number of anilines is 2. The standard InChI is InChI=1S/C24H23N5O4S.C4H10/c1-24(2,3)23(30)26-18-9-11-19(12-10-18)29-34(31,32)20-8-4-6-16(14-20)21-27-28-22(33-21)17-7-5-13-25-15-17;1-3-4-2/h4-15,29H,1-3H3,(H,26,30);3-4H2,1-2H3. The lowest BCUT2D eigenvalue weighted by Crippen LogP contribution is -2.27. The molecule has 200 valence electrons. The van der Waals surface area contributed by atoms with Crippen LogP contribution in [-0.4, -0.2) is 29.5 Å². The number of aromatic nitrogens is 3. The summed E-state index contributed by atoms with van der Waals surface area (Å²) >= 11 is 0. The number of pyridine rings is 1. The van der Waals surface area contributed by atoms with E-state index in [1.165, 1.54) is 25.0 Å². The van der Waals surface area contributed by atoms with Gasteiger partial charge >= 0.3 is 0 Å². The average molecular weight is 536 g/mol. The first-order valence-corrected chi connectivity index (χ1v) is 13.8. The van der Waals surface area contributed by atoms with Gasteiger partial charge in [-0.05, 0) is 54.6 Å². The van der Waals surface area contributed by atoms with Crippen molar-refractivity contribution in [3.05, 3.63) is 73.1 Å². The Morgan fingerprint density at radius 2 is 1.47 bits per heavy atom. The molecule has 0 saturated heterocycles. The molecule has 0 aliphatic rings. The number of rotatable bonds is 7. The van der Waals surface area contributed by atoms with Crippen molar-refractivity contribution in [2.45, 2.75) is 52.4 Å². The third kappa shape index (κ3) is 7.72. The molecule has 0 aliphatic carbocycles. The molecule has 2 aromatic carbocycles. The summed E-state index contributed by atoms with van der Waals surface area (Å²) < 4.78 is 34.1. The van der Waals surface area contributed by atoms with Crippen molar-refractivity contribution < 1.29 is 17.6 Å². The van der Waals surface area contributed by atoms with Crippen LogP contribution >= 0.6 is 0 Å². The predicted octanol–water partition coefficient (Wildman–Crippen LogP) is 6.39. The second kappa shape index (κ2) is 12.5. The Balaban J connectivity index is 0.000000934. The SMILES string of the molecule is CC(C)(C)C(=O)Nc1ccc(NS(=O)(=O)c2cccc(-c3nnc(-c4cccnc4)o3)c2)cc1.CCCC. The molecule has 2 aromatic heterocycles. The number of unbranched alkanes of at least 4 members (excludes halogenated alkanes) is 1.